The number of para-hydroxylation sites is 1. The van der Waals surface area contributed by atoms with E-state index < -0.39 is 6.10 Å². The second kappa shape index (κ2) is 5.90. The van der Waals surface area contributed by atoms with Gasteiger partial charge in [-0.25, -0.2) is 0 Å². The molecule has 1 aliphatic rings. The van der Waals surface area contributed by atoms with Crippen molar-refractivity contribution < 1.29 is 5.11 Å². The van der Waals surface area contributed by atoms with E-state index in [1.165, 1.54) is 19.3 Å². The molecule has 0 spiro atoms. The van der Waals surface area contributed by atoms with Gasteiger partial charge in [-0.05, 0) is 44.0 Å². The topological polar surface area (TPSA) is 45.1 Å². The van der Waals surface area contributed by atoms with Crippen molar-refractivity contribution in [1.29, 1.82) is 0 Å². The van der Waals surface area contributed by atoms with Crippen LogP contribution in [0.5, 0.6) is 0 Å². The van der Waals surface area contributed by atoms with Crippen LogP contribution in [0.3, 0.4) is 0 Å². The second-order valence-corrected chi connectivity index (χ2v) is 5.72. The summed E-state index contributed by atoms with van der Waals surface area (Å²) in [6, 6.07) is 10.3. The van der Waals surface area contributed by atoms with Crippen molar-refractivity contribution in [3.63, 3.8) is 0 Å². The zero-order valence-electron chi connectivity index (χ0n) is 12.0. The minimum atomic E-state index is -0.459. The van der Waals surface area contributed by atoms with Gasteiger partial charge in [0.1, 0.15) is 0 Å². The Labute approximate surface area is 120 Å². The van der Waals surface area contributed by atoms with Crippen LogP contribution in [-0.4, -0.2) is 22.7 Å². The first-order valence-corrected chi connectivity index (χ1v) is 7.53. The zero-order chi connectivity index (χ0) is 13.9. The number of nitrogens with zero attached hydrogens (tertiary/aromatic N) is 1. The highest BCUT2D eigenvalue weighted by Crippen LogP contribution is 2.28. The largest absolute Gasteiger partial charge is 0.387 e. The standard InChI is InChI=1S/C17H22N2O/c1-12-11-14(13-7-4-5-8-15(13)19-12)17(20)16-9-3-2-6-10-18-16/h4-5,7-8,11,16-18,20H,2-3,6,9-10H2,1H3. The summed E-state index contributed by atoms with van der Waals surface area (Å²) in [7, 11) is 0. The molecule has 0 radical (unpaired) electrons. The predicted octanol–water partition coefficient (Wildman–Crippen LogP) is 3.11. The molecule has 3 nitrogen and oxygen atoms in total. The van der Waals surface area contributed by atoms with Crippen molar-refractivity contribution in [3.8, 4) is 0 Å². The lowest BCUT2D eigenvalue weighted by molar-refractivity contribution is 0.127. The number of rotatable bonds is 2. The van der Waals surface area contributed by atoms with E-state index in [4.69, 9.17) is 0 Å². The summed E-state index contributed by atoms with van der Waals surface area (Å²) in [5.74, 6) is 0. The molecule has 3 heteroatoms. The first kappa shape index (κ1) is 13.5. The van der Waals surface area contributed by atoms with Crippen LogP contribution < -0.4 is 5.32 Å². The number of benzene rings is 1. The highest BCUT2D eigenvalue weighted by Gasteiger charge is 2.23. The molecular weight excluding hydrogens is 248 g/mol. The summed E-state index contributed by atoms with van der Waals surface area (Å²) in [5, 5.41) is 15.4. The van der Waals surface area contributed by atoms with Gasteiger partial charge in [0.05, 0.1) is 11.6 Å². The molecule has 1 aromatic carbocycles. The molecule has 1 saturated heterocycles. The average Bonchev–Trinajstić information content (AvgIpc) is 2.74. The van der Waals surface area contributed by atoms with Crippen molar-refractivity contribution in [3.05, 3.63) is 41.6 Å². The van der Waals surface area contributed by atoms with E-state index in [2.05, 4.69) is 16.4 Å². The maximum Gasteiger partial charge on any atom is 0.0950 e. The average molecular weight is 270 g/mol. The van der Waals surface area contributed by atoms with E-state index >= 15 is 0 Å². The molecule has 0 saturated carbocycles. The lowest BCUT2D eigenvalue weighted by atomic mass is 9.95. The molecule has 1 aliphatic heterocycles. The molecule has 106 valence electrons. The van der Waals surface area contributed by atoms with Crippen molar-refractivity contribution in [2.24, 2.45) is 0 Å². The first-order chi connectivity index (χ1) is 9.75. The van der Waals surface area contributed by atoms with Crippen LogP contribution in [0.25, 0.3) is 10.9 Å². The Morgan fingerprint density at radius 3 is 3.00 bits per heavy atom. The normalized spacial score (nSPS) is 21.6. The molecule has 2 aromatic rings. The van der Waals surface area contributed by atoms with Gasteiger partial charge in [-0.3, -0.25) is 4.98 Å². The molecule has 2 unspecified atom stereocenters. The van der Waals surface area contributed by atoms with E-state index in [0.29, 0.717) is 0 Å². The summed E-state index contributed by atoms with van der Waals surface area (Å²) in [6.45, 7) is 2.99. The Kier molecular flexibility index (Phi) is 3.99. The lowest BCUT2D eigenvalue weighted by Gasteiger charge is -2.24. The maximum atomic E-state index is 10.8. The quantitative estimate of drug-likeness (QED) is 0.881. The van der Waals surface area contributed by atoms with E-state index in [1.807, 2.05) is 31.2 Å². The van der Waals surface area contributed by atoms with Gasteiger partial charge in [0.15, 0.2) is 0 Å². The van der Waals surface area contributed by atoms with Gasteiger partial charge in [0.25, 0.3) is 0 Å². The van der Waals surface area contributed by atoms with Crippen LogP contribution in [0.15, 0.2) is 30.3 Å². The molecule has 1 fully saturated rings. The Morgan fingerprint density at radius 1 is 1.25 bits per heavy atom. The summed E-state index contributed by atoms with van der Waals surface area (Å²) in [6.07, 6.45) is 4.24. The fourth-order valence-electron chi connectivity index (χ4n) is 3.13. The van der Waals surface area contributed by atoms with Gasteiger partial charge in [0, 0.05) is 17.1 Å². The summed E-state index contributed by atoms with van der Waals surface area (Å²) < 4.78 is 0. The van der Waals surface area contributed by atoms with Crippen LogP contribution in [0.2, 0.25) is 0 Å². The highest BCUT2D eigenvalue weighted by molar-refractivity contribution is 5.82. The smallest absolute Gasteiger partial charge is 0.0950 e. The summed E-state index contributed by atoms with van der Waals surface area (Å²) >= 11 is 0. The number of hydrogen-bond acceptors (Lipinski definition) is 3. The number of nitrogens with one attached hydrogen (secondary N) is 1. The van der Waals surface area contributed by atoms with Crippen molar-refractivity contribution in [2.45, 2.75) is 44.8 Å². The summed E-state index contributed by atoms with van der Waals surface area (Å²) in [5.41, 5.74) is 2.94. The number of aryl methyl sites for hydroxylation is 1. The third kappa shape index (κ3) is 2.69. The second-order valence-electron chi connectivity index (χ2n) is 5.72. The molecule has 0 bridgehead atoms. The zero-order valence-corrected chi connectivity index (χ0v) is 12.0. The van der Waals surface area contributed by atoms with Crippen molar-refractivity contribution >= 4 is 10.9 Å². The third-order valence-electron chi connectivity index (χ3n) is 4.17. The number of fused-ring (bicyclic) bond motifs is 1. The third-order valence-corrected chi connectivity index (χ3v) is 4.17. The Balaban J connectivity index is 1.99. The molecule has 20 heavy (non-hydrogen) atoms. The number of aliphatic hydroxyl groups is 1. The van der Waals surface area contributed by atoms with Gasteiger partial charge in [0.2, 0.25) is 0 Å². The van der Waals surface area contributed by atoms with Gasteiger partial charge in [-0.1, -0.05) is 31.0 Å². The highest BCUT2D eigenvalue weighted by atomic mass is 16.3. The van der Waals surface area contributed by atoms with Gasteiger partial charge >= 0.3 is 0 Å². The molecular formula is C17H22N2O. The van der Waals surface area contributed by atoms with E-state index in [9.17, 15) is 5.11 Å². The number of aliphatic hydroxyl groups excluding tert-OH is 1. The monoisotopic (exact) mass is 270 g/mol. The van der Waals surface area contributed by atoms with Gasteiger partial charge in [-0.2, -0.15) is 0 Å². The number of aromatic nitrogens is 1. The fraction of sp³-hybridized carbons (Fsp3) is 0.471. The minimum absolute atomic E-state index is 0.155. The van der Waals surface area contributed by atoms with Crippen LogP contribution >= 0.6 is 0 Å². The fourth-order valence-corrected chi connectivity index (χ4v) is 3.13. The molecule has 1 aromatic heterocycles. The Morgan fingerprint density at radius 2 is 2.10 bits per heavy atom. The van der Waals surface area contributed by atoms with E-state index in [0.717, 1.165) is 35.1 Å². The molecule has 2 N–H and O–H groups in total. The Bertz CT molecular complexity index is 589. The van der Waals surface area contributed by atoms with E-state index in [1.54, 1.807) is 0 Å². The van der Waals surface area contributed by atoms with Crippen LogP contribution in [0.4, 0.5) is 0 Å². The summed E-state index contributed by atoms with van der Waals surface area (Å²) in [4.78, 5) is 4.55. The van der Waals surface area contributed by atoms with Gasteiger partial charge < -0.3 is 10.4 Å². The van der Waals surface area contributed by atoms with Crippen molar-refractivity contribution in [1.82, 2.24) is 10.3 Å². The predicted molar refractivity (Wildman–Crippen MR) is 81.7 cm³/mol. The number of pyridine rings is 1. The molecule has 2 heterocycles. The molecule has 0 amide bonds. The maximum absolute atomic E-state index is 10.8. The van der Waals surface area contributed by atoms with Crippen LogP contribution in [-0.2, 0) is 0 Å². The molecule has 3 rings (SSSR count). The Hall–Kier alpha value is -1.45. The van der Waals surface area contributed by atoms with Crippen LogP contribution in [0.1, 0.15) is 43.0 Å². The molecule has 0 aliphatic carbocycles. The van der Waals surface area contributed by atoms with Crippen LogP contribution in [0, 0.1) is 6.92 Å². The minimum Gasteiger partial charge on any atom is -0.387 e. The number of hydrogen-bond donors (Lipinski definition) is 2. The van der Waals surface area contributed by atoms with Gasteiger partial charge in [-0.15, -0.1) is 0 Å². The van der Waals surface area contributed by atoms with Crippen molar-refractivity contribution in [2.75, 3.05) is 6.54 Å². The molecule has 2 atom stereocenters. The SMILES string of the molecule is Cc1cc(C(O)C2CCCCCN2)c2ccccc2n1. The first-order valence-electron chi connectivity index (χ1n) is 7.53. The lowest BCUT2D eigenvalue weighted by Crippen LogP contribution is -2.34. The van der Waals surface area contributed by atoms with E-state index in [-0.39, 0.29) is 6.04 Å².